The summed E-state index contributed by atoms with van der Waals surface area (Å²) in [7, 11) is 0. The Labute approximate surface area is 125 Å². The molecule has 108 valence electrons. The van der Waals surface area contributed by atoms with Gasteiger partial charge >= 0.3 is 0 Å². The van der Waals surface area contributed by atoms with E-state index in [0.29, 0.717) is 16.4 Å². The molecule has 1 aliphatic carbocycles. The maximum Gasteiger partial charge on any atom is 0.270 e. The highest BCUT2D eigenvalue weighted by Gasteiger charge is 2.25. The van der Waals surface area contributed by atoms with Crippen molar-refractivity contribution in [2.24, 2.45) is 5.92 Å². The van der Waals surface area contributed by atoms with Crippen LogP contribution in [0, 0.1) is 16.0 Å². The van der Waals surface area contributed by atoms with Crippen LogP contribution in [0.4, 0.5) is 10.8 Å². The molecule has 0 bridgehead atoms. The van der Waals surface area contributed by atoms with E-state index in [1.54, 1.807) is 17.5 Å². The number of nitro groups is 1. The minimum absolute atomic E-state index is 0.0150. The Hall–Kier alpha value is -2.28. The molecule has 1 aromatic carbocycles. The average molecular weight is 303 g/mol. The fourth-order valence-electron chi connectivity index (χ4n) is 2.12. The first kappa shape index (κ1) is 13.7. The molecule has 0 aliphatic heterocycles. The van der Waals surface area contributed by atoms with Crippen molar-refractivity contribution in [3.63, 3.8) is 0 Å². The highest BCUT2D eigenvalue weighted by Crippen LogP contribution is 2.30. The van der Waals surface area contributed by atoms with Crippen LogP contribution in [0.5, 0.6) is 0 Å². The van der Waals surface area contributed by atoms with Gasteiger partial charge in [0, 0.05) is 29.0 Å². The molecule has 0 unspecified atom stereocenters. The van der Waals surface area contributed by atoms with Crippen molar-refractivity contribution in [1.82, 2.24) is 4.98 Å². The van der Waals surface area contributed by atoms with Crippen LogP contribution < -0.4 is 5.32 Å². The van der Waals surface area contributed by atoms with Crippen LogP contribution in [0.1, 0.15) is 19.3 Å². The van der Waals surface area contributed by atoms with Crippen molar-refractivity contribution in [2.75, 3.05) is 5.32 Å². The molecule has 0 radical (unpaired) electrons. The zero-order valence-electron chi connectivity index (χ0n) is 11.1. The van der Waals surface area contributed by atoms with Crippen LogP contribution in [0.15, 0.2) is 29.6 Å². The van der Waals surface area contributed by atoms with Crippen LogP contribution in [0.25, 0.3) is 11.3 Å². The van der Waals surface area contributed by atoms with Crippen molar-refractivity contribution >= 4 is 28.1 Å². The van der Waals surface area contributed by atoms with Crippen LogP contribution in [-0.4, -0.2) is 15.8 Å². The molecule has 6 nitrogen and oxygen atoms in total. The molecule has 1 fully saturated rings. The molecule has 3 rings (SSSR count). The first-order chi connectivity index (χ1) is 10.1. The van der Waals surface area contributed by atoms with E-state index in [2.05, 4.69) is 10.3 Å². The van der Waals surface area contributed by atoms with Gasteiger partial charge in [-0.1, -0.05) is 18.6 Å². The largest absolute Gasteiger partial charge is 0.302 e. The maximum atomic E-state index is 11.9. The standard InChI is InChI=1S/C14H13N3O3S/c18-13(9-3-1-4-9)16-14-15-12(8-21-14)10-5-2-6-11(7-10)17(19)20/h2,5-9H,1,3-4H2,(H,15,16,18). The topological polar surface area (TPSA) is 85.1 Å². The summed E-state index contributed by atoms with van der Waals surface area (Å²) in [5.41, 5.74) is 1.33. The second-order valence-corrected chi connectivity index (χ2v) is 5.82. The summed E-state index contributed by atoms with van der Waals surface area (Å²) in [5, 5.41) is 15.9. The summed E-state index contributed by atoms with van der Waals surface area (Å²) in [6.45, 7) is 0. The number of nitrogens with one attached hydrogen (secondary N) is 1. The lowest BCUT2D eigenvalue weighted by Gasteiger charge is -2.23. The number of thiazole rings is 1. The van der Waals surface area contributed by atoms with Gasteiger partial charge in [-0.3, -0.25) is 14.9 Å². The molecular formula is C14H13N3O3S. The molecule has 7 heteroatoms. The quantitative estimate of drug-likeness (QED) is 0.692. The Kier molecular flexibility index (Phi) is 3.66. The van der Waals surface area contributed by atoms with E-state index in [1.165, 1.54) is 23.5 Å². The lowest BCUT2D eigenvalue weighted by molar-refractivity contribution is -0.384. The van der Waals surface area contributed by atoms with Gasteiger partial charge in [-0.25, -0.2) is 4.98 Å². The molecule has 1 aromatic heterocycles. The summed E-state index contributed by atoms with van der Waals surface area (Å²) >= 11 is 1.33. The normalized spacial score (nSPS) is 14.5. The molecule has 0 spiro atoms. The second kappa shape index (κ2) is 5.61. The highest BCUT2D eigenvalue weighted by atomic mass is 32.1. The lowest BCUT2D eigenvalue weighted by Crippen LogP contribution is -2.27. The van der Waals surface area contributed by atoms with Gasteiger partial charge in [-0.15, -0.1) is 11.3 Å². The van der Waals surface area contributed by atoms with Gasteiger partial charge in [0.25, 0.3) is 5.69 Å². The van der Waals surface area contributed by atoms with Crippen LogP contribution in [-0.2, 0) is 4.79 Å². The van der Waals surface area contributed by atoms with Gasteiger partial charge in [0.2, 0.25) is 5.91 Å². The van der Waals surface area contributed by atoms with E-state index in [0.717, 1.165) is 19.3 Å². The molecule has 1 heterocycles. The average Bonchev–Trinajstić information content (AvgIpc) is 2.85. The fourth-order valence-corrected chi connectivity index (χ4v) is 2.84. The number of non-ortho nitro benzene ring substituents is 1. The van der Waals surface area contributed by atoms with E-state index in [-0.39, 0.29) is 17.5 Å². The summed E-state index contributed by atoms with van der Waals surface area (Å²) in [4.78, 5) is 26.5. The number of carbonyl (C=O) groups excluding carboxylic acids is 1. The molecule has 1 saturated carbocycles. The Bertz CT molecular complexity index is 694. The first-order valence-electron chi connectivity index (χ1n) is 6.65. The number of hydrogen-bond donors (Lipinski definition) is 1. The van der Waals surface area contributed by atoms with E-state index in [4.69, 9.17) is 0 Å². The Balaban J connectivity index is 1.76. The van der Waals surface area contributed by atoms with Crippen molar-refractivity contribution in [2.45, 2.75) is 19.3 Å². The number of rotatable bonds is 4. The monoisotopic (exact) mass is 303 g/mol. The third-order valence-corrected chi connectivity index (χ3v) is 4.32. The SMILES string of the molecule is O=C(Nc1nc(-c2cccc([N+](=O)[O-])c2)cs1)C1CCC1. The van der Waals surface area contributed by atoms with E-state index in [1.807, 2.05) is 0 Å². The molecule has 1 N–H and O–H groups in total. The van der Waals surface area contributed by atoms with Gasteiger partial charge in [-0.2, -0.15) is 0 Å². The van der Waals surface area contributed by atoms with Crippen molar-refractivity contribution in [3.05, 3.63) is 39.8 Å². The summed E-state index contributed by atoms with van der Waals surface area (Å²) in [6, 6.07) is 6.31. The summed E-state index contributed by atoms with van der Waals surface area (Å²) in [5.74, 6) is 0.122. The number of hydrogen-bond acceptors (Lipinski definition) is 5. The lowest BCUT2D eigenvalue weighted by atomic mass is 9.85. The minimum atomic E-state index is -0.435. The number of nitro benzene ring substituents is 1. The van der Waals surface area contributed by atoms with Gasteiger partial charge in [0.1, 0.15) is 0 Å². The van der Waals surface area contributed by atoms with Crippen LogP contribution in [0.2, 0.25) is 0 Å². The number of benzene rings is 1. The number of aromatic nitrogens is 1. The predicted molar refractivity (Wildman–Crippen MR) is 80.2 cm³/mol. The summed E-state index contributed by atoms with van der Waals surface area (Å²) < 4.78 is 0. The number of anilines is 1. The number of amides is 1. The van der Waals surface area contributed by atoms with Gasteiger partial charge < -0.3 is 5.32 Å². The molecule has 0 saturated heterocycles. The molecule has 2 aromatic rings. The van der Waals surface area contributed by atoms with E-state index < -0.39 is 4.92 Å². The maximum absolute atomic E-state index is 11.9. The fraction of sp³-hybridized carbons (Fsp3) is 0.286. The van der Waals surface area contributed by atoms with E-state index in [9.17, 15) is 14.9 Å². The van der Waals surface area contributed by atoms with Crippen molar-refractivity contribution < 1.29 is 9.72 Å². The Morgan fingerprint density at radius 2 is 2.24 bits per heavy atom. The number of carbonyl (C=O) groups is 1. The summed E-state index contributed by atoms with van der Waals surface area (Å²) in [6.07, 6.45) is 2.98. The van der Waals surface area contributed by atoms with E-state index >= 15 is 0 Å². The number of nitrogens with zero attached hydrogens (tertiary/aromatic N) is 2. The predicted octanol–water partition coefficient (Wildman–Crippen LogP) is 3.46. The Morgan fingerprint density at radius 3 is 2.90 bits per heavy atom. The highest BCUT2D eigenvalue weighted by molar-refractivity contribution is 7.14. The van der Waals surface area contributed by atoms with Crippen LogP contribution in [0.3, 0.4) is 0 Å². The molecule has 1 amide bonds. The zero-order valence-corrected chi connectivity index (χ0v) is 11.9. The second-order valence-electron chi connectivity index (χ2n) is 4.96. The Morgan fingerprint density at radius 1 is 1.43 bits per heavy atom. The minimum Gasteiger partial charge on any atom is -0.302 e. The first-order valence-corrected chi connectivity index (χ1v) is 7.52. The van der Waals surface area contributed by atoms with Crippen molar-refractivity contribution in [3.8, 4) is 11.3 Å². The third kappa shape index (κ3) is 2.92. The smallest absolute Gasteiger partial charge is 0.270 e. The molecule has 1 aliphatic rings. The molecular weight excluding hydrogens is 290 g/mol. The van der Waals surface area contributed by atoms with Gasteiger partial charge in [0.05, 0.1) is 10.6 Å². The molecule has 21 heavy (non-hydrogen) atoms. The van der Waals surface area contributed by atoms with Crippen molar-refractivity contribution in [1.29, 1.82) is 0 Å². The van der Waals surface area contributed by atoms with Gasteiger partial charge in [0.15, 0.2) is 5.13 Å². The van der Waals surface area contributed by atoms with Gasteiger partial charge in [-0.05, 0) is 12.8 Å². The van der Waals surface area contributed by atoms with Crippen LogP contribution >= 0.6 is 11.3 Å². The third-order valence-electron chi connectivity index (χ3n) is 3.56. The molecule has 0 atom stereocenters. The zero-order chi connectivity index (χ0) is 14.8.